The molecule has 0 aromatic carbocycles. The Morgan fingerprint density at radius 2 is 2.08 bits per heavy atom. The highest BCUT2D eigenvalue weighted by molar-refractivity contribution is 5.55. The maximum absolute atomic E-state index is 10.5. The van der Waals surface area contributed by atoms with Crippen LogP contribution in [0.3, 0.4) is 0 Å². The van der Waals surface area contributed by atoms with Crippen LogP contribution in [0.15, 0.2) is 5.57 Å². The predicted octanol–water partition coefficient (Wildman–Crippen LogP) is 0.0838. The van der Waals surface area contributed by atoms with Gasteiger partial charge >= 0.3 is 5.97 Å². The number of rotatable bonds is 3. The molecule has 1 rings (SSSR count). The van der Waals surface area contributed by atoms with Crippen molar-refractivity contribution in [2.45, 2.75) is 18.7 Å². The van der Waals surface area contributed by atoms with E-state index in [0.717, 1.165) is 0 Å². The van der Waals surface area contributed by atoms with Gasteiger partial charge in [-0.2, -0.15) is 0 Å². The highest BCUT2D eigenvalue weighted by atomic mass is 16.9. The molecule has 1 heterocycles. The maximum atomic E-state index is 10.5. The molecule has 1 atom stereocenters. The zero-order valence-corrected chi connectivity index (χ0v) is 7.83. The Balaban J connectivity index is 2.90. The van der Waals surface area contributed by atoms with Gasteiger partial charge in [0.25, 0.3) is 0 Å². The summed E-state index contributed by atoms with van der Waals surface area (Å²) in [6, 6.07) is 0. The van der Waals surface area contributed by atoms with Gasteiger partial charge in [0.15, 0.2) is 6.29 Å². The highest BCUT2D eigenvalue weighted by Gasteiger charge is 2.47. The number of hydrogen-bond acceptors (Lipinski definition) is 5. The van der Waals surface area contributed by atoms with E-state index in [1.165, 1.54) is 21.3 Å². The summed E-state index contributed by atoms with van der Waals surface area (Å²) in [5, 5.41) is 0. The van der Waals surface area contributed by atoms with Gasteiger partial charge in [-0.25, -0.2) is 4.79 Å². The van der Waals surface area contributed by atoms with Crippen LogP contribution in [0.1, 0.15) is 6.42 Å². The van der Waals surface area contributed by atoms with Gasteiger partial charge in [0, 0.05) is 27.8 Å². The Bertz CT molecular complexity index is 227. The molecule has 0 aromatic rings. The molecular formula is C8H12O5. The minimum absolute atomic E-state index is 0.268. The standard InChI is InChI=1S/C8H12O5/c1-10-7-4-6(5-9)8(11-2,12-3)13-7/h7H,4H2,1-3H3. The summed E-state index contributed by atoms with van der Waals surface area (Å²) in [7, 11) is 4.26. The summed E-state index contributed by atoms with van der Waals surface area (Å²) >= 11 is 0. The summed E-state index contributed by atoms with van der Waals surface area (Å²) in [6.45, 7) is 0. The number of methoxy groups -OCH3 is 3. The van der Waals surface area contributed by atoms with Crippen LogP contribution < -0.4 is 0 Å². The van der Waals surface area contributed by atoms with E-state index >= 15 is 0 Å². The Hall–Kier alpha value is -0.710. The normalized spacial score (nSPS) is 26.1. The number of carbonyl (C=O) groups excluding carboxylic acids is 1. The van der Waals surface area contributed by atoms with Crippen LogP contribution in [0.25, 0.3) is 0 Å². The van der Waals surface area contributed by atoms with Crippen molar-refractivity contribution < 1.29 is 23.7 Å². The van der Waals surface area contributed by atoms with Gasteiger partial charge in [-0.05, 0) is 0 Å². The molecule has 5 heteroatoms. The second-order valence-corrected chi connectivity index (χ2v) is 2.53. The molecule has 1 fully saturated rings. The molecule has 1 aliphatic heterocycles. The van der Waals surface area contributed by atoms with Crippen molar-refractivity contribution in [1.29, 1.82) is 0 Å². The van der Waals surface area contributed by atoms with Crippen LogP contribution in [0, 0.1) is 0 Å². The molecule has 0 aromatic heterocycles. The topological polar surface area (TPSA) is 54.0 Å². The van der Waals surface area contributed by atoms with Crippen molar-refractivity contribution in [3.8, 4) is 0 Å². The van der Waals surface area contributed by atoms with Crippen molar-refractivity contribution in [2.24, 2.45) is 0 Å². The van der Waals surface area contributed by atoms with E-state index in [9.17, 15) is 4.79 Å². The molecule has 0 radical (unpaired) electrons. The van der Waals surface area contributed by atoms with E-state index in [1.807, 2.05) is 0 Å². The van der Waals surface area contributed by atoms with Crippen LogP contribution in [-0.2, 0) is 23.7 Å². The SMILES string of the molecule is COC1CC(=C=O)C(OC)(OC)O1. The molecule has 1 unspecified atom stereocenters. The van der Waals surface area contributed by atoms with E-state index in [2.05, 4.69) is 0 Å². The van der Waals surface area contributed by atoms with Crippen LogP contribution in [0.4, 0.5) is 0 Å². The smallest absolute Gasteiger partial charge is 0.320 e. The third kappa shape index (κ3) is 1.65. The summed E-state index contributed by atoms with van der Waals surface area (Å²) < 4.78 is 20.1. The maximum Gasteiger partial charge on any atom is 0.320 e. The quantitative estimate of drug-likeness (QED) is 0.464. The summed E-state index contributed by atoms with van der Waals surface area (Å²) in [5.41, 5.74) is 0.268. The average molecular weight is 188 g/mol. The molecule has 0 bridgehead atoms. The van der Waals surface area contributed by atoms with E-state index < -0.39 is 12.3 Å². The van der Waals surface area contributed by atoms with Gasteiger partial charge in [0.05, 0.1) is 0 Å². The minimum atomic E-state index is -1.41. The first-order chi connectivity index (χ1) is 6.22. The summed E-state index contributed by atoms with van der Waals surface area (Å²) in [6.07, 6.45) is -0.210. The van der Waals surface area contributed by atoms with Crippen molar-refractivity contribution in [1.82, 2.24) is 0 Å². The Kier molecular flexibility index (Phi) is 3.19. The highest BCUT2D eigenvalue weighted by Crippen LogP contribution is 2.35. The van der Waals surface area contributed by atoms with Crippen molar-refractivity contribution in [3.63, 3.8) is 0 Å². The van der Waals surface area contributed by atoms with Crippen LogP contribution in [0.5, 0.6) is 0 Å². The fourth-order valence-electron chi connectivity index (χ4n) is 1.24. The molecule has 74 valence electrons. The van der Waals surface area contributed by atoms with Crippen LogP contribution in [0.2, 0.25) is 0 Å². The van der Waals surface area contributed by atoms with Gasteiger partial charge in [-0.3, -0.25) is 4.74 Å². The summed E-state index contributed by atoms with van der Waals surface area (Å²) in [4.78, 5) is 10.5. The van der Waals surface area contributed by atoms with Crippen molar-refractivity contribution in [2.75, 3.05) is 21.3 Å². The molecule has 5 nitrogen and oxygen atoms in total. The van der Waals surface area contributed by atoms with E-state index in [4.69, 9.17) is 18.9 Å². The second kappa shape index (κ2) is 4.00. The number of ether oxygens (including phenoxy) is 4. The molecule has 13 heavy (non-hydrogen) atoms. The molecule has 0 amide bonds. The van der Waals surface area contributed by atoms with Gasteiger partial charge in [-0.1, -0.05) is 0 Å². The Morgan fingerprint density at radius 1 is 1.46 bits per heavy atom. The molecule has 0 saturated carbocycles. The van der Waals surface area contributed by atoms with Gasteiger partial charge in [0.1, 0.15) is 11.5 Å². The molecular weight excluding hydrogens is 176 g/mol. The monoisotopic (exact) mass is 188 g/mol. The third-order valence-corrected chi connectivity index (χ3v) is 1.95. The zero-order chi connectivity index (χ0) is 9.90. The molecule has 1 aliphatic rings. The molecule has 0 spiro atoms. The largest absolute Gasteiger partial charge is 0.355 e. The first kappa shape index (κ1) is 10.4. The zero-order valence-electron chi connectivity index (χ0n) is 7.83. The predicted molar refractivity (Wildman–Crippen MR) is 42.5 cm³/mol. The van der Waals surface area contributed by atoms with Gasteiger partial charge in [-0.15, -0.1) is 0 Å². The van der Waals surface area contributed by atoms with Crippen LogP contribution in [-0.4, -0.2) is 39.5 Å². The lowest BCUT2D eigenvalue weighted by Gasteiger charge is -2.24. The number of hydrogen-bond donors (Lipinski definition) is 0. The molecule has 0 N–H and O–H groups in total. The van der Waals surface area contributed by atoms with E-state index in [0.29, 0.717) is 6.42 Å². The Morgan fingerprint density at radius 3 is 2.38 bits per heavy atom. The van der Waals surface area contributed by atoms with Gasteiger partial charge in [0.2, 0.25) is 0 Å². The van der Waals surface area contributed by atoms with Crippen molar-refractivity contribution in [3.05, 3.63) is 5.57 Å². The first-order valence-electron chi connectivity index (χ1n) is 3.77. The second-order valence-electron chi connectivity index (χ2n) is 2.53. The Labute approximate surface area is 76.2 Å². The summed E-state index contributed by atoms with van der Waals surface area (Å²) in [5.74, 6) is 0.318. The lowest BCUT2D eigenvalue weighted by atomic mass is 10.2. The van der Waals surface area contributed by atoms with Gasteiger partial charge < -0.3 is 14.2 Å². The van der Waals surface area contributed by atoms with Crippen molar-refractivity contribution >= 4 is 5.94 Å². The fraction of sp³-hybridized carbons (Fsp3) is 0.750. The van der Waals surface area contributed by atoms with E-state index in [-0.39, 0.29) is 5.57 Å². The van der Waals surface area contributed by atoms with Crippen LogP contribution >= 0.6 is 0 Å². The van der Waals surface area contributed by atoms with E-state index in [1.54, 1.807) is 5.94 Å². The lowest BCUT2D eigenvalue weighted by molar-refractivity contribution is -0.355. The third-order valence-electron chi connectivity index (χ3n) is 1.95. The lowest BCUT2D eigenvalue weighted by Crippen LogP contribution is -2.35. The fourth-order valence-corrected chi connectivity index (χ4v) is 1.24. The first-order valence-corrected chi connectivity index (χ1v) is 3.77. The molecule has 0 aliphatic carbocycles. The molecule has 1 saturated heterocycles. The minimum Gasteiger partial charge on any atom is -0.355 e. The average Bonchev–Trinajstić information content (AvgIpc) is 2.56.